The Hall–Kier alpha value is -1.84. The van der Waals surface area contributed by atoms with E-state index in [2.05, 4.69) is 10.6 Å². The number of benzene rings is 2. The van der Waals surface area contributed by atoms with Crippen LogP contribution in [-0.2, 0) is 13.1 Å². The van der Waals surface area contributed by atoms with Crippen molar-refractivity contribution in [3.05, 3.63) is 70.6 Å². The van der Waals surface area contributed by atoms with Crippen molar-refractivity contribution in [3.8, 4) is 0 Å². The molecular weight excluding hydrogens is 275 g/mol. The molecule has 0 atom stereocenters. The van der Waals surface area contributed by atoms with E-state index in [0.29, 0.717) is 18.1 Å². The lowest BCUT2D eigenvalue weighted by Crippen LogP contribution is -2.00. The van der Waals surface area contributed by atoms with E-state index in [1.165, 1.54) is 12.1 Å². The predicted octanol–water partition coefficient (Wildman–Crippen LogP) is 3.94. The molecule has 0 unspecified atom stereocenters. The highest BCUT2D eigenvalue weighted by Gasteiger charge is 2.06. The van der Waals surface area contributed by atoms with Gasteiger partial charge in [-0.3, -0.25) is 0 Å². The normalized spacial score (nSPS) is 11.2. The average molecular weight is 289 g/mol. The van der Waals surface area contributed by atoms with Crippen LogP contribution >= 0.6 is 11.6 Å². The fraction of sp³-hybridized carbons (Fsp3) is 0.125. The third-order valence-corrected chi connectivity index (χ3v) is 3.79. The first-order valence-electron chi connectivity index (χ1n) is 6.39. The van der Waals surface area contributed by atoms with Crippen LogP contribution in [0.4, 0.5) is 4.39 Å². The largest absolute Gasteiger partial charge is 0.343 e. The van der Waals surface area contributed by atoms with E-state index in [4.69, 9.17) is 17.3 Å². The van der Waals surface area contributed by atoms with Gasteiger partial charge in [-0.15, -0.1) is 0 Å². The highest BCUT2D eigenvalue weighted by molar-refractivity contribution is 6.31. The maximum atomic E-state index is 13.3. The Labute approximate surface area is 121 Å². The van der Waals surface area contributed by atoms with E-state index in [-0.39, 0.29) is 5.82 Å². The van der Waals surface area contributed by atoms with Gasteiger partial charge in [0.1, 0.15) is 5.82 Å². The Kier molecular flexibility index (Phi) is 3.47. The molecule has 0 aliphatic carbocycles. The Balaban J connectivity index is 2.00. The third-order valence-electron chi connectivity index (χ3n) is 3.42. The number of halogens is 2. The van der Waals surface area contributed by atoms with Crippen LogP contribution in [0.3, 0.4) is 0 Å². The molecule has 102 valence electrons. The highest BCUT2D eigenvalue weighted by atomic mass is 35.5. The molecule has 3 rings (SSSR count). The van der Waals surface area contributed by atoms with Crippen molar-refractivity contribution < 1.29 is 4.39 Å². The van der Waals surface area contributed by atoms with E-state index < -0.39 is 0 Å². The van der Waals surface area contributed by atoms with Crippen LogP contribution in [-0.4, -0.2) is 4.57 Å². The quantitative estimate of drug-likeness (QED) is 0.777. The first kappa shape index (κ1) is 13.2. The highest BCUT2D eigenvalue weighted by Crippen LogP contribution is 2.22. The minimum absolute atomic E-state index is 0.272. The van der Waals surface area contributed by atoms with Crippen molar-refractivity contribution >= 4 is 22.5 Å². The number of hydrogen-bond acceptors (Lipinski definition) is 1. The standard InChI is InChI=1S/C16H14ClFN2/c17-15-3-2-14(18)8-13(15)10-20-6-5-12-7-11(9-19)1-4-16(12)20/h1-8H,9-10,19H2. The lowest BCUT2D eigenvalue weighted by Gasteiger charge is -2.08. The molecule has 0 saturated heterocycles. The van der Waals surface area contributed by atoms with Crippen molar-refractivity contribution in [2.45, 2.75) is 13.1 Å². The van der Waals surface area contributed by atoms with Crippen LogP contribution in [0.15, 0.2) is 48.7 Å². The van der Waals surface area contributed by atoms with Gasteiger partial charge in [0.2, 0.25) is 0 Å². The van der Waals surface area contributed by atoms with Crippen molar-refractivity contribution in [1.82, 2.24) is 4.57 Å². The number of nitrogens with two attached hydrogens (primary N) is 1. The summed E-state index contributed by atoms with van der Waals surface area (Å²) < 4.78 is 15.4. The SMILES string of the molecule is NCc1ccc2c(ccn2Cc2cc(F)ccc2Cl)c1. The van der Waals surface area contributed by atoms with E-state index in [1.54, 1.807) is 6.07 Å². The zero-order valence-electron chi connectivity index (χ0n) is 10.8. The molecule has 1 aromatic heterocycles. The van der Waals surface area contributed by atoms with Gasteiger partial charge < -0.3 is 10.3 Å². The summed E-state index contributed by atoms with van der Waals surface area (Å²) in [6.07, 6.45) is 1.98. The molecule has 0 amide bonds. The topological polar surface area (TPSA) is 30.9 Å². The van der Waals surface area contributed by atoms with Crippen molar-refractivity contribution in [3.63, 3.8) is 0 Å². The fourth-order valence-corrected chi connectivity index (χ4v) is 2.54. The monoisotopic (exact) mass is 288 g/mol. The molecule has 0 fully saturated rings. The minimum atomic E-state index is -0.272. The summed E-state index contributed by atoms with van der Waals surface area (Å²) in [6.45, 7) is 1.07. The number of hydrogen-bond donors (Lipinski definition) is 1. The van der Waals surface area contributed by atoms with Crippen molar-refractivity contribution in [1.29, 1.82) is 0 Å². The zero-order chi connectivity index (χ0) is 14.1. The number of rotatable bonds is 3. The van der Waals surface area contributed by atoms with Crippen molar-refractivity contribution in [2.24, 2.45) is 5.73 Å². The molecule has 2 nitrogen and oxygen atoms in total. The molecule has 3 aromatic rings. The van der Waals surface area contributed by atoms with Crippen molar-refractivity contribution in [2.75, 3.05) is 0 Å². The predicted molar refractivity (Wildman–Crippen MR) is 80.3 cm³/mol. The molecule has 0 saturated carbocycles. The number of nitrogens with zero attached hydrogens (tertiary/aromatic N) is 1. The van der Waals surface area contributed by atoms with Gasteiger partial charge in [0.05, 0.1) is 0 Å². The summed E-state index contributed by atoms with van der Waals surface area (Å²) in [7, 11) is 0. The maximum absolute atomic E-state index is 13.3. The van der Waals surface area contributed by atoms with E-state index in [0.717, 1.165) is 22.0 Å². The summed E-state index contributed by atoms with van der Waals surface area (Å²) in [5.41, 5.74) is 8.59. The lowest BCUT2D eigenvalue weighted by molar-refractivity contribution is 0.624. The van der Waals surface area contributed by atoms with Crippen LogP contribution in [0, 0.1) is 5.82 Å². The fourth-order valence-electron chi connectivity index (χ4n) is 2.36. The minimum Gasteiger partial charge on any atom is -0.343 e. The second kappa shape index (κ2) is 5.27. The van der Waals surface area contributed by atoms with Crippen LogP contribution in [0.25, 0.3) is 10.9 Å². The molecule has 0 bridgehead atoms. The molecule has 0 aliphatic heterocycles. The summed E-state index contributed by atoms with van der Waals surface area (Å²) >= 11 is 6.12. The van der Waals surface area contributed by atoms with Crippen LogP contribution < -0.4 is 5.73 Å². The summed E-state index contributed by atoms with van der Waals surface area (Å²) in [6, 6.07) is 12.6. The second-order valence-electron chi connectivity index (χ2n) is 4.78. The van der Waals surface area contributed by atoms with Crippen LogP contribution in [0.1, 0.15) is 11.1 Å². The number of fused-ring (bicyclic) bond motifs is 1. The summed E-state index contributed by atoms with van der Waals surface area (Å²) in [5.74, 6) is -0.272. The van der Waals surface area contributed by atoms with Gasteiger partial charge in [-0.25, -0.2) is 4.39 Å². The van der Waals surface area contributed by atoms with Gasteiger partial charge in [0.15, 0.2) is 0 Å². The van der Waals surface area contributed by atoms with E-state index in [9.17, 15) is 4.39 Å². The molecule has 2 N–H and O–H groups in total. The smallest absolute Gasteiger partial charge is 0.123 e. The van der Waals surface area contributed by atoms with Gasteiger partial charge in [0, 0.05) is 29.8 Å². The third kappa shape index (κ3) is 2.42. The molecule has 4 heteroatoms. The molecule has 0 aliphatic rings. The Bertz CT molecular complexity index is 764. The molecule has 1 heterocycles. The Morgan fingerprint density at radius 2 is 1.95 bits per heavy atom. The molecule has 20 heavy (non-hydrogen) atoms. The van der Waals surface area contributed by atoms with Crippen LogP contribution in [0.5, 0.6) is 0 Å². The van der Waals surface area contributed by atoms with E-state index >= 15 is 0 Å². The van der Waals surface area contributed by atoms with Gasteiger partial charge in [-0.05, 0) is 52.9 Å². The van der Waals surface area contributed by atoms with Gasteiger partial charge in [-0.1, -0.05) is 17.7 Å². The second-order valence-corrected chi connectivity index (χ2v) is 5.18. The maximum Gasteiger partial charge on any atom is 0.123 e. The molecular formula is C16H14ClFN2. The summed E-state index contributed by atoms with van der Waals surface area (Å²) in [4.78, 5) is 0. The summed E-state index contributed by atoms with van der Waals surface area (Å²) in [5, 5.41) is 1.70. The van der Waals surface area contributed by atoms with E-state index in [1.807, 2.05) is 24.4 Å². The van der Waals surface area contributed by atoms with Gasteiger partial charge in [0.25, 0.3) is 0 Å². The van der Waals surface area contributed by atoms with Gasteiger partial charge >= 0.3 is 0 Å². The first-order valence-corrected chi connectivity index (χ1v) is 6.77. The average Bonchev–Trinajstić information content (AvgIpc) is 2.85. The van der Waals surface area contributed by atoms with Crippen LogP contribution in [0.2, 0.25) is 5.02 Å². The Morgan fingerprint density at radius 3 is 2.75 bits per heavy atom. The first-order chi connectivity index (χ1) is 9.67. The molecule has 0 radical (unpaired) electrons. The Morgan fingerprint density at radius 1 is 1.10 bits per heavy atom. The van der Waals surface area contributed by atoms with Gasteiger partial charge in [-0.2, -0.15) is 0 Å². The molecule has 2 aromatic carbocycles. The lowest BCUT2D eigenvalue weighted by atomic mass is 10.1. The number of aromatic nitrogens is 1. The zero-order valence-corrected chi connectivity index (χ0v) is 11.6. The molecule has 0 spiro atoms.